The van der Waals surface area contributed by atoms with Gasteiger partial charge in [0.05, 0.1) is 13.2 Å². The summed E-state index contributed by atoms with van der Waals surface area (Å²) in [4.78, 5) is 144. The number of hydrogen-bond acceptors (Lipinski definition) is 12. The first kappa shape index (κ1) is 70.3. The first-order chi connectivity index (χ1) is 39.4. The highest BCUT2D eigenvalue weighted by Crippen LogP contribution is 2.31. The van der Waals surface area contributed by atoms with Crippen molar-refractivity contribution in [2.75, 3.05) is 52.5 Å². The van der Waals surface area contributed by atoms with Gasteiger partial charge in [-0.2, -0.15) is 0 Å². The smallest absolute Gasteiger partial charge is 0.255 e. The van der Waals surface area contributed by atoms with Gasteiger partial charge < -0.3 is 57.1 Å². The number of hydrogen-bond donors (Lipinski definition) is 8. The Morgan fingerprint density at radius 3 is 1.69 bits per heavy atom. The fourth-order valence-corrected chi connectivity index (χ4v) is 10.9. The molecule has 1 aromatic rings. The van der Waals surface area contributed by atoms with Gasteiger partial charge in [-0.25, -0.2) is 4.39 Å². The van der Waals surface area contributed by atoms with Crippen molar-refractivity contribution in [3.63, 3.8) is 0 Å². The molecular weight excluding hydrogens is 1080 g/mol. The average Bonchev–Trinajstić information content (AvgIpc) is 4.14. The van der Waals surface area contributed by atoms with Gasteiger partial charge in [0.1, 0.15) is 52.8 Å². The molecule has 0 unspecified atom stereocenters. The summed E-state index contributed by atoms with van der Waals surface area (Å²) in [5, 5.41) is 22.3. The van der Waals surface area contributed by atoms with Gasteiger partial charge in [-0.1, -0.05) is 73.6 Å². The molecule has 0 bridgehead atoms. The minimum Gasteiger partial charge on any atom is -0.379 e. The normalized spacial score (nSPS) is 17.8. The molecule has 23 heteroatoms. The Bertz CT molecular complexity index is 2390. The third-order valence-corrected chi connectivity index (χ3v) is 15.8. The molecule has 1 saturated carbocycles. The number of nitrogens with one attached hydrogen (secondary N) is 8. The van der Waals surface area contributed by atoms with Crippen LogP contribution < -0.4 is 42.5 Å². The fraction of sp³-hybridized carbons (Fsp3) is 0.738. The maximum Gasteiger partial charge on any atom is 0.255 e. The van der Waals surface area contributed by atoms with Gasteiger partial charge >= 0.3 is 0 Å². The number of amides is 10. The molecule has 2 heterocycles. The molecule has 8 N–H and O–H groups in total. The standard InChI is InChI=1S/C61H100FN11O11/c1-39(2)35-45(51(76)65-46(36-40(3)4)52(77)69-61(11,12)58(83)70-59(7,8)56(81)64-27-26-49(75)63-28-30-71-31-33-84-34-32-71)67-57(82)60(9,10)68-53(78)47(37-41(5)6)66-54(79)48(25-20-42-17-14-13-15-18-42)73(38-74)50-19-16-29-72(50)55(80)43-21-23-44(62)24-22-43/h21-24,38-42,45-48,50H,13-20,25-37H2,1-12H3,(H,63,75)(H,64,81)(H,65,76)(H,66,79)(H,67,82)(H,68,78)(H,69,77)(H,70,83)/t45-,46-,47-,48-,50+/m0/s1. The second-order valence-corrected chi connectivity index (χ2v) is 25.9. The van der Waals surface area contributed by atoms with E-state index < -0.39 is 100 Å². The van der Waals surface area contributed by atoms with E-state index >= 15 is 0 Å². The number of benzene rings is 1. The minimum atomic E-state index is -1.67. The molecule has 4 rings (SSSR count). The molecular formula is C61H100FN11O11. The number of morpholine rings is 1. The number of rotatable bonds is 32. The number of halogens is 1. The second kappa shape index (κ2) is 32.9. The van der Waals surface area contributed by atoms with Crippen molar-refractivity contribution in [3.8, 4) is 0 Å². The molecule has 3 fully saturated rings. The largest absolute Gasteiger partial charge is 0.379 e. The van der Waals surface area contributed by atoms with Crippen LogP contribution in [-0.4, -0.2) is 174 Å². The summed E-state index contributed by atoms with van der Waals surface area (Å²) in [6, 6.07) is 0.565. The monoisotopic (exact) mass is 1180 g/mol. The summed E-state index contributed by atoms with van der Waals surface area (Å²) in [7, 11) is 0. The zero-order valence-electron chi connectivity index (χ0n) is 52.1. The van der Waals surface area contributed by atoms with Crippen molar-refractivity contribution >= 4 is 59.6 Å². The lowest BCUT2D eigenvalue weighted by molar-refractivity contribution is -0.141. The van der Waals surface area contributed by atoms with Crippen LogP contribution in [0.2, 0.25) is 0 Å². The lowest BCUT2D eigenvalue weighted by atomic mass is 9.85. The highest BCUT2D eigenvalue weighted by Gasteiger charge is 2.43. The molecule has 0 aromatic heterocycles. The van der Waals surface area contributed by atoms with Crippen molar-refractivity contribution in [1.82, 2.24) is 57.2 Å². The topological polar surface area (TPSA) is 286 Å². The Morgan fingerprint density at radius 1 is 0.619 bits per heavy atom. The van der Waals surface area contributed by atoms with Gasteiger partial charge in [-0.05, 0) is 134 Å². The van der Waals surface area contributed by atoms with Crippen LogP contribution >= 0.6 is 0 Å². The van der Waals surface area contributed by atoms with Gasteiger partial charge in [-0.3, -0.25) is 52.8 Å². The molecule has 84 heavy (non-hydrogen) atoms. The Hall–Kier alpha value is -6.23. The summed E-state index contributed by atoms with van der Waals surface area (Å²) >= 11 is 0. The minimum absolute atomic E-state index is 0.0286. The average molecular weight is 1180 g/mol. The highest BCUT2D eigenvalue weighted by molar-refractivity contribution is 6.00. The van der Waals surface area contributed by atoms with Crippen LogP contribution in [0, 0.1) is 29.5 Å². The van der Waals surface area contributed by atoms with Gasteiger partial charge in [0.15, 0.2) is 0 Å². The van der Waals surface area contributed by atoms with Gasteiger partial charge in [0, 0.05) is 51.3 Å². The van der Waals surface area contributed by atoms with Crippen LogP contribution in [0.1, 0.15) is 177 Å². The van der Waals surface area contributed by atoms with Crippen molar-refractivity contribution < 1.29 is 57.1 Å². The molecule has 3 aliphatic rings. The first-order valence-corrected chi connectivity index (χ1v) is 30.5. The van der Waals surface area contributed by atoms with Crippen molar-refractivity contribution in [1.29, 1.82) is 0 Å². The highest BCUT2D eigenvalue weighted by atomic mass is 19.1. The Kier molecular flexibility index (Phi) is 27.5. The molecule has 10 amide bonds. The van der Waals surface area contributed by atoms with E-state index in [9.17, 15) is 52.3 Å². The summed E-state index contributed by atoms with van der Waals surface area (Å²) in [6.07, 6.45) is 7.40. The Labute approximate surface area is 497 Å². The third-order valence-electron chi connectivity index (χ3n) is 15.8. The van der Waals surface area contributed by atoms with E-state index in [4.69, 9.17) is 4.74 Å². The van der Waals surface area contributed by atoms with E-state index in [-0.39, 0.29) is 67.9 Å². The fourth-order valence-electron chi connectivity index (χ4n) is 10.9. The lowest BCUT2D eigenvalue weighted by Gasteiger charge is -2.38. The van der Waals surface area contributed by atoms with Gasteiger partial charge in [0.25, 0.3) is 5.91 Å². The molecule has 2 aliphatic heterocycles. The predicted octanol–water partition coefficient (Wildman–Crippen LogP) is 3.81. The Morgan fingerprint density at radius 2 is 1.14 bits per heavy atom. The summed E-state index contributed by atoms with van der Waals surface area (Å²) < 4.78 is 19.2. The van der Waals surface area contributed by atoms with E-state index in [0.29, 0.717) is 64.4 Å². The van der Waals surface area contributed by atoms with E-state index in [2.05, 4.69) is 47.4 Å². The van der Waals surface area contributed by atoms with E-state index in [1.165, 1.54) is 75.6 Å². The SMILES string of the molecule is CC(C)C[C@H](NC(=O)[C@H](CC(C)C)NC(=O)C(C)(C)NC(=O)[C@H](CC(C)C)NC(=O)[C@H](CCC1CCCCC1)N(C=O)[C@@H]1CCCN1C(=O)c1ccc(F)cc1)C(=O)NC(C)(C)C(=O)NC(C)(C)C(=O)NCCC(=O)NCCN1CCOCC1. The molecule has 1 aliphatic carbocycles. The molecule has 472 valence electrons. The maximum absolute atomic E-state index is 14.7. The molecule has 1 aromatic carbocycles. The summed E-state index contributed by atoms with van der Waals surface area (Å²) in [5.74, 6) is -5.80. The number of carbonyl (C=O) groups is 10. The van der Waals surface area contributed by atoms with E-state index in [0.717, 1.165) is 45.2 Å². The predicted molar refractivity (Wildman–Crippen MR) is 317 cm³/mol. The number of carbonyl (C=O) groups excluding carboxylic acids is 10. The van der Waals surface area contributed by atoms with E-state index in [1.54, 1.807) is 0 Å². The molecule has 0 radical (unpaired) electrons. The van der Waals surface area contributed by atoms with Crippen molar-refractivity contribution in [2.45, 2.75) is 214 Å². The third kappa shape index (κ3) is 22.3. The van der Waals surface area contributed by atoms with Crippen LogP contribution in [0.3, 0.4) is 0 Å². The van der Waals surface area contributed by atoms with Gasteiger partial charge in [0.2, 0.25) is 53.7 Å². The van der Waals surface area contributed by atoms with Crippen LogP contribution in [0.15, 0.2) is 24.3 Å². The summed E-state index contributed by atoms with van der Waals surface area (Å²) in [6.45, 7) is 24.4. The second-order valence-electron chi connectivity index (χ2n) is 25.9. The van der Waals surface area contributed by atoms with Crippen LogP contribution in [0.5, 0.6) is 0 Å². The van der Waals surface area contributed by atoms with Crippen molar-refractivity contribution in [2.24, 2.45) is 23.7 Å². The quantitative estimate of drug-likeness (QED) is 0.0479. The van der Waals surface area contributed by atoms with Crippen LogP contribution in [0.25, 0.3) is 0 Å². The lowest BCUT2D eigenvalue weighted by Crippen LogP contribution is -2.65. The number of ether oxygens (including phenoxy) is 1. The molecule has 5 atom stereocenters. The van der Waals surface area contributed by atoms with Crippen LogP contribution in [0.4, 0.5) is 4.39 Å². The number of likely N-dealkylation sites (tertiary alicyclic amines) is 1. The van der Waals surface area contributed by atoms with E-state index in [1.807, 2.05) is 41.5 Å². The zero-order valence-corrected chi connectivity index (χ0v) is 52.1. The summed E-state index contributed by atoms with van der Waals surface area (Å²) in [5.41, 5.74) is -4.47. The maximum atomic E-state index is 14.7. The van der Waals surface area contributed by atoms with Crippen molar-refractivity contribution in [3.05, 3.63) is 35.6 Å². The zero-order chi connectivity index (χ0) is 62.5. The molecule has 22 nitrogen and oxygen atoms in total. The molecule has 0 spiro atoms. The first-order valence-electron chi connectivity index (χ1n) is 30.5. The van der Waals surface area contributed by atoms with Crippen LogP contribution in [-0.2, 0) is 47.9 Å². The molecule has 2 saturated heterocycles. The number of nitrogens with zero attached hydrogens (tertiary/aromatic N) is 3. The van der Waals surface area contributed by atoms with Gasteiger partial charge in [-0.15, -0.1) is 0 Å². The Balaban J connectivity index is 1.43.